The fraction of sp³-hybridized carbons (Fsp3) is 0.200. The van der Waals surface area contributed by atoms with Gasteiger partial charge in [0.05, 0.1) is 15.9 Å². The van der Waals surface area contributed by atoms with Gasteiger partial charge in [-0.25, -0.2) is 5.43 Å². The molecule has 0 bridgehead atoms. The second-order valence-corrected chi connectivity index (χ2v) is 3.90. The molecule has 0 unspecified atom stereocenters. The lowest BCUT2D eigenvalue weighted by Crippen LogP contribution is -2.21. The molecule has 0 atom stereocenters. The fourth-order valence-corrected chi connectivity index (χ4v) is 1.33. The van der Waals surface area contributed by atoms with Crippen LogP contribution in [0.4, 0.5) is 5.95 Å². The third kappa shape index (κ3) is 3.86. The second-order valence-electron chi connectivity index (χ2n) is 3.90. The number of hydrogen-bond donors (Lipinski definition) is 1. The number of pyridine rings is 1. The molecule has 11 heteroatoms. The van der Waals surface area contributed by atoms with Gasteiger partial charge in [-0.15, -0.1) is 0 Å². The fourth-order valence-electron chi connectivity index (χ4n) is 1.33. The molecule has 21 heavy (non-hydrogen) atoms. The van der Waals surface area contributed by atoms with E-state index in [9.17, 15) is 14.9 Å². The van der Waals surface area contributed by atoms with Crippen LogP contribution < -0.4 is 5.43 Å². The van der Waals surface area contributed by atoms with E-state index < -0.39 is 16.8 Å². The highest BCUT2D eigenvalue weighted by Gasteiger charge is 2.15. The molecular weight excluding hydrogens is 280 g/mol. The summed E-state index contributed by atoms with van der Waals surface area (Å²) in [7, 11) is 0. The molecule has 0 aliphatic carbocycles. The summed E-state index contributed by atoms with van der Waals surface area (Å²) >= 11 is 0. The average Bonchev–Trinajstić information content (AvgIpc) is 2.94. The summed E-state index contributed by atoms with van der Waals surface area (Å²) in [6, 6.07) is 3.09. The monoisotopic (exact) mass is 290 g/mol. The van der Waals surface area contributed by atoms with E-state index in [1.165, 1.54) is 12.4 Å². The lowest BCUT2D eigenvalue weighted by molar-refractivity contribution is -0.394. The Bertz CT molecular complexity index is 681. The van der Waals surface area contributed by atoms with Crippen molar-refractivity contribution in [2.75, 3.05) is 0 Å². The van der Waals surface area contributed by atoms with Crippen molar-refractivity contribution < 1.29 is 9.72 Å². The molecule has 0 fully saturated rings. The predicted molar refractivity (Wildman–Crippen MR) is 69.3 cm³/mol. The molecule has 0 spiro atoms. The van der Waals surface area contributed by atoms with Crippen LogP contribution >= 0.6 is 0 Å². The van der Waals surface area contributed by atoms with Crippen LogP contribution in [0.5, 0.6) is 0 Å². The lowest BCUT2D eigenvalue weighted by Gasteiger charge is -2.00. The van der Waals surface area contributed by atoms with Gasteiger partial charge in [0.25, 0.3) is 5.91 Å². The van der Waals surface area contributed by atoms with Gasteiger partial charge in [0.1, 0.15) is 6.54 Å². The Morgan fingerprint density at radius 3 is 2.81 bits per heavy atom. The van der Waals surface area contributed by atoms with Crippen LogP contribution in [0.2, 0.25) is 0 Å². The number of carbonyl (C=O) groups is 1. The van der Waals surface area contributed by atoms with Crippen molar-refractivity contribution in [3.8, 4) is 0 Å². The summed E-state index contributed by atoms with van der Waals surface area (Å²) in [5, 5.41) is 24.5. The Morgan fingerprint density at radius 1 is 1.48 bits per heavy atom. The zero-order valence-electron chi connectivity index (χ0n) is 10.9. The molecule has 2 aromatic rings. The van der Waals surface area contributed by atoms with Crippen molar-refractivity contribution in [1.82, 2.24) is 30.6 Å². The van der Waals surface area contributed by atoms with E-state index in [0.29, 0.717) is 11.3 Å². The van der Waals surface area contributed by atoms with E-state index in [1.807, 2.05) is 0 Å². The van der Waals surface area contributed by atoms with Gasteiger partial charge in [0.2, 0.25) is 0 Å². The number of carbonyl (C=O) groups excluding carboxylic acids is 1. The first-order valence-electron chi connectivity index (χ1n) is 5.72. The van der Waals surface area contributed by atoms with E-state index in [1.54, 1.807) is 19.1 Å². The third-order valence-corrected chi connectivity index (χ3v) is 2.27. The molecule has 0 aliphatic rings. The largest absolute Gasteiger partial charge is 0.514 e. The maximum Gasteiger partial charge on any atom is 0.514 e. The van der Waals surface area contributed by atoms with Crippen LogP contribution in [0, 0.1) is 10.1 Å². The molecule has 108 valence electrons. The minimum atomic E-state index is -0.749. The number of amides is 1. The molecule has 1 amide bonds. The SMILES string of the molecule is C/C(Cn1nnc([N+](=O)[O-])n1)=N/NC(=O)c1ccncc1. The van der Waals surface area contributed by atoms with Gasteiger partial charge in [-0.1, -0.05) is 4.80 Å². The van der Waals surface area contributed by atoms with Gasteiger partial charge in [-0.05, 0) is 24.0 Å². The van der Waals surface area contributed by atoms with Crippen LogP contribution in [0.25, 0.3) is 0 Å². The first-order valence-corrected chi connectivity index (χ1v) is 5.72. The van der Waals surface area contributed by atoms with Crippen LogP contribution in [0.3, 0.4) is 0 Å². The molecule has 0 saturated carbocycles. The minimum absolute atomic E-state index is 0.0669. The minimum Gasteiger partial charge on any atom is -0.390 e. The molecule has 0 aliphatic heterocycles. The van der Waals surface area contributed by atoms with Crippen molar-refractivity contribution >= 4 is 17.6 Å². The molecule has 2 aromatic heterocycles. The van der Waals surface area contributed by atoms with Crippen LogP contribution in [-0.4, -0.2) is 41.7 Å². The zero-order chi connectivity index (χ0) is 15.2. The number of nitrogens with zero attached hydrogens (tertiary/aromatic N) is 7. The van der Waals surface area contributed by atoms with Crippen LogP contribution in [-0.2, 0) is 6.54 Å². The van der Waals surface area contributed by atoms with E-state index >= 15 is 0 Å². The normalized spacial score (nSPS) is 11.2. The molecule has 1 N–H and O–H groups in total. The summed E-state index contributed by atoms with van der Waals surface area (Å²) in [6.45, 7) is 1.68. The standard InChI is InChI=1S/C10H10N8O3/c1-7(6-17-15-10(14-16-17)18(20)21)12-13-9(19)8-2-4-11-5-3-8/h2-5H,6H2,1H3,(H,13,19)/b12-7-. The molecule has 0 radical (unpaired) electrons. The Labute approximate surface area is 117 Å². The summed E-state index contributed by atoms with van der Waals surface area (Å²) in [6.07, 6.45) is 2.98. The first kappa shape index (κ1) is 14.2. The van der Waals surface area contributed by atoms with Gasteiger partial charge < -0.3 is 10.1 Å². The number of tetrazole rings is 1. The number of aromatic nitrogens is 5. The highest BCUT2D eigenvalue weighted by Crippen LogP contribution is 1.98. The number of hydrogen-bond acceptors (Lipinski definition) is 8. The average molecular weight is 290 g/mol. The number of nitro groups is 1. The van der Waals surface area contributed by atoms with Gasteiger partial charge in [-0.2, -0.15) is 5.10 Å². The highest BCUT2D eigenvalue weighted by molar-refractivity contribution is 5.95. The number of rotatable bonds is 5. The molecule has 2 heterocycles. The van der Waals surface area contributed by atoms with Crippen molar-refractivity contribution in [1.29, 1.82) is 0 Å². The Kier molecular flexibility index (Phi) is 4.23. The molecule has 0 saturated heterocycles. The molecule has 2 rings (SSSR count). The summed E-state index contributed by atoms with van der Waals surface area (Å²) in [5.41, 5.74) is 3.21. The molecular formula is C10H10N8O3. The lowest BCUT2D eigenvalue weighted by atomic mass is 10.3. The van der Waals surface area contributed by atoms with Crippen molar-refractivity contribution in [2.24, 2.45) is 5.10 Å². The number of nitrogens with one attached hydrogen (secondary N) is 1. The quantitative estimate of drug-likeness (QED) is 0.455. The smallest absolute Gasteiger partial charge is 0.390 e. The van der Waals surface area contributed by atoms with Gasteiger partial charge in [0.15, 0.2) is 0 Å². The Balaban J connectivity index is 1.95. The first-order chi connectivity index (χ1) is 10.1. The molecule has 0 aromatic carbocycles. The van der Waals surface area contributed by atoms with Crippen LogP contribution in [0.1, 0.15) is 17.3 Å². The Hall–Kier alpha value is -3.24. The maximum atomic E-state index is 11.7. The zero-order valence-corrected chi connectivity index (χ0v) is 10.9. The van der Waals surface area contributed by atoms with E-state index in [4.69, 9.17) is 0 Å². The van der Waals surface area contributed by atoms with Gasteiger partial charge in [0, 0.05) is 23.2 Å². The second kappa shape index (κ2) is 6.27. The van der Waals surface area contributed by atoms with E-state index in [-0.39, 0.29) is 6.54 Å². The highest BCUT2D eigenvalue weighted by atomic mass is 16.6. The van der Waals surface area contributed by atoms with E-state index in [2.05, 4.69) is 30.9 Å². The van der Waals surface area contributed by atoms with Crippen molar-refractivity contribution in [3.05, 3.63) is 40.2 Å². The Morgan fingerprint density at radius 2 is 2.19 bits per heavy atom. The van der Waals surface area contributed by atoms with Crippen LogP contribution in [0.15, 0.2) is 29.6 Å². The number of hydrazone groups is 1. The summed E-state index contributed by atoms with van der Waals surface area (Å²) < 4.78 is 0. The summed E-state index contributed by atoms with van der Waals surface area (Å²) in [5.74, 6) is -0.988. The van der Waals surface area contributed by atoms with Gasteiger partial charge in [-0.3, -0.25) is 9.78 Å². The topological polar surface area (TPSA) is 141 Å². The summed E-state index contributed by atoms with van der Waals surface area (Å²) in [4.78, 5) is 26.2. The van der Waals surface area contributed by atoms with Crippen molar-refractivity contribution in [3.63, 3.8) is 0 Å². The third-order valence-electron chi connectivity index (χ3n) is 2.27. The maximum absolute atomic E-state index is 11.7. The van der Waals surface area contributed by atoms with E-state index in [0.717, 1.165) is 4.80 Å². The molecule has 11 nitrogen and oxygen atoms in total. The van der Waals surface area contributed by atoms with Gasteiger partial charge >= 0.3 is 5.95 Å². The van der Waals surface area contributed by atoms with Crippen molar-refractivity contribution in [2.45, 2.75) is 13.5 Å². The predicted octanol–water partition coefficient (Wildman–Crippen LogP) is -0.218.